The highest BCUT2D eigenvalue weighted by atomic mass is 35.5. The Kier molecular flexibility index (Phi) is 4.23. The molecule has 112 valence electrons. The number of nitrogens with one attached hydrogen (secondary N) is 1. The number of nitrogens with zero attached hydrogens (tertiary/aromatic N) is 1. The number of rotatable bonds is 3. The van der Waals surface area contributed by atoms with Crippen molar-refractivity contribution in [3.63, 3.8) is 0 Å². The molecule has 0 radical (unpaired) electrons. The summed E-state index contributed by atoms with van der Waals surface area (Å²) in [5.41, 5.74) is 6.36. The van der Waals surface area contributed by atoms with Crippen LogP contribution in [-0.2, 0) is 0 Å². The number of nitrogen functional groups attached to an aromatic ring is 1. The minimum absolute atomic E-state index is 0.305. The molecule has 6 heteroatoms. The van der Waals surface area contributed by atoms with Gasteiger partial charge in [0.05, 0.1) is 5.69 Å². The van der Waals surface area contributed by atoms with E-state index in [0.29, 0.717) is 28.1 Å². The van der Waals surface area contributed by atoms with Gasteiger partial charge < -0.3 is 15.8 Å². The van der Waals surface area contributed by atoms with Crippen molar-refractivity contribution < 1.29 is 9.13 Å². The summed E-state index contributed by atoms with van der Waals surface area (Å²) in [5, 5.41) is 3.27. The lowest BCUT2D eigenvalue weighted by molar-refractivity contribution is 0.125. The van der Waals surface area contributed by atoms with Gasteiger partial charge in [0.25, 0.3) is 0 Å². The van der Waals surface area contributed by atoms with Crippen LogP contribution in [0.4, 0.5) is 21.6 Å². The minimum Gasteiger partial charge on any atom is -0.470 e. The summed E-state index contributed by atoms with van der Waals surface area (Å²) in [7, 11) is 0. The zero-order valence-electron chi connectivity index (χ0n) is 12.1. The molecule has 0 fully saturated rings. The van der Waals surface area contributed by atoms with Gasteiger partial charge in [-0.2, -0.15) is 4.98 Å². The minimum atomic E-state index is -0.424. The van der Waals surface area contributed by atoms with Gasteiger partial charge in [0.15, 0.2) is 0 Å². The Morgan fingerprint density at radius 2 is 1.95 bits per heavy atom. The van der Waals surface area contributed by atoms with Gasteiger partial charge in [-0.3, -0.25) is 0 Å². The molecule has 2 rings (SSSR count). The predicted molar refractivity (Wildman–Crippen MR) is 83.7 cm³/mol. The van der Waals surface area contributed by atoms with Crippen LogP contribution in [0, 0.1) is 5.82 Å². The van der Waals surface area contributed by atoms with Crippen molar-refractivity contribution in [2.45, 2.75) is 26.4 Å². The summed E-state index contributed by atoms with van der Waals surface area (Å²) in [6.45, 7) is 5.71. The maximum Gasteiger partial charge on any atom is 0.239 e. The van der Waals surface area contributed by atoms with E-state index >= 15 is 0 Å². The molecule has 4 nitrogen and oxygen atoms in total. The van der Waals surface area contributed by atoms with Gasteiger partial charge in [-0.25, -0.2) is 4.39 Å². The van der Waals surface area contributed by atoms with Gasteiger partial charge in [-0.05, 0) is 51.1 Å². The third-order valence-electron chi connectivity index (χ3n) is 2.43. The lowest BCUT2D eigenvalue weighted by atomic mass is 10.2. The SMILES string of the molecule is CC(C)(C)Oc1nc(Nc2cc(F)cc(Cl)c2)ccc1N. The first-order valence-corrected chi connectivity index (χ1v) is 6.79. The number of benzene rings is 1. The molecule has 0 bridgehead atoms. The van der Waals surface area contributed by atoms with Crippen molar-refractivity contribution >= 4 is 28.8 Å². The summed E-state index contributed by atoms with van der Waals surface area (Å²) in [6, 6.07) is 7.53. The molecule has 0 aliphatic carbocycles. The normalized spacial score (nSPS) is 11.3. The highest BCUT2D eigenvalue weighted by Gasteiger charge is 2.15. The molecule has 0 amide bonds. The third kappa shape index (κ3) is 4.49. The van der Waals surface area contributed by atoms with Gasteiger partial charge in [-0.1, -0.05) is 11.6 Å². The van der Waals surface area contributed by atoms with Crippen LogP contribution < -0.4 is 15.8 Å². The maximum atomic E-state index is 13.3. The van der Waals surface area contributed by atoms with Crippen LogP contribution in [0.25, 0.3) is 0 Å². The first-order chi connectivity index (χ1) is 9.73. The van der Waals surface area contributed by atoms with Crippen molar-refractivity contribution in [2.75, 3.05) is 11.1 Å². The molecule has 0 aliphatic heterocycles. The average Bonchev–Trinajstić information content (AvgIpc) is 2.30. The fraction of sp³-hybridized carbons (Fsp3) is 0.267. The maximum absolute atomic E-state index is 13.3. The Labute approximate surface area is 128 Å². The number of aromatic nitrogens is 1. The third-order valence-corrected chi connectivity index (χ3v) is 2.65. The highest BCUT2D eigenvalue weighted by molar-refractivity contribution is 6.30. The Morgan fingerprint density at radius 1 is 1.24 bits per heavy atom. The van der Waals surface area contributed by atoms with E-state index in [9.17, 15) is 4.39 Å². The molecular weight excluding hydrogens is 293 g/mol. The molecule has 3 N–H and O–H groups in total. The van der Waals surface area contributed by atoms with E-state index < -0.39 is 11.4 Å². The molecule has 0 unspecified atom stereocenters. The van der Waals surface area contributed by atoms with Gasteiger partial charge in [0.2, 0.25) is 5.88 Å². The van der Waals surface area contributed by atoms with E-state index in [4.69, 9.17) is 22.1 Å². The van der Waals surface area contributed by atoms with E-state index in [1.165, 1.54) is 12.1 Å². The number of hydrogen-bond acceptors (Lipinski definition) is 4. The van der Waals surface area contributed by atoms with Gasteiger partial charge in [0.1, 0.15) is 17.2 Å². The van der Waals surface area contributed by atoms with Crippen LogP contribution >= 0.6 is 11.6 Å². The lowest BCUT2D eigenvalue weighted by Gasteiger charge is -2.21. The molecule has 1 heterocycles. The number of hydrogen-bond donors (Lipinski definition) is 2. The molecule has 21 heavy (non-hydrogen) atoms. The molecule has 2 aromatic rings. The standard InChI is InChI=1S/C15H17ClFN3O/c1-15(2,3)21-14-12(18)4-5-13(20-14)19-11-7-9(16)6-10(17)8-11/h4-8H,18H2,1-3H3,(H,19,20). The second-order valence-electron chi connectivity index (χ2n) is 5.59. The second kappa shape index (κ2) is 5.77. The van der Waals surface area contributed by atoms with Crippen LogP contribution in [0.3, 0.4) is 0 Å². The van der Waals surface area contributed by atoms with Crippen molar-refractivity contribution in [2.24, 2.45) is 0 Å². The number of ether oxygens (including phenoxy) is 1. The average molecular weight is 310 g/mol. The predicted octanol–water partition coefficient (Wildman–Crippen LogP) is 4.38. The molecule has 0 atom stereocenters. The highest BCUT2D eigenvalue weighted by Crippen LogP contribution is 2.27. The number of halogens is 2. The topological polar surface area (TPSA) is 60.2 Å². The van der Waals surface area contributed by atoms with Gasteiger partial charge in [0, 0.05) is 10.7 Å². The van der Waals surface area contributed by atoms with Crippen molar-refractivity contribution in [1.29, 1.82) is 0 Å². The zero-order chi connectivity index (χ0) is 15.6. The summed E-state index contributed by atoms with van der Waals surface area (Å²) in [5.74, 6) is 0.395. The summed E-state index contributed by atoms with van der Waals surface area (Å²) in [6.07, 6.45) is 0. The molecule has 1 aromatic heterocycles. The molecular formula is C15H17ClFN3O. The molecule has 0 spiro atoms. The zero-order valence-corrected chi connectivity index (χ0v) is 12.8. The van der Waals surface area contributed by atoms with E-state index in [1.54, 1.807) is 18.2 Å². The summed E-state index contributed by atoms with van der Waals surface area (Å²) >= 11 is 5.81. The number of pyridine rings is 1. The Balaban J connectivity index is 2.26. The smallest absolute Gasteiger partial charge is 0.239 e. The van der Waals surface area contributed by atoms with Crippen LogP contribution in [0.5, 0.6) is 5.88 Å². The van der Waals surface area contributed by atoms with Crippen LogP contribution in [0.1, 0.15) is 20.8 Å². The van der Waals surface area contributed by atoms with E-state index in [2.05, 4.69) is 10.3 Å². The second-order valence-corrected chi connectivity index (χ2v) is 6.02. The van der Waals surface area contributed by atoms with E-state index in [-0.39, 0.29) is 0 Å². The van der Waals surface area contributed by atoms with Crippen molar-refractivity contribution in [3.8, 4) is 5.88 Å². The number of anilines is 3. The van der Waals surface area contributed by atoms with Gasteiger partial charge in [-0.15, -0.1) is 0 Å². The first-order valence-electron chi connectivity index (χ1n) is 6.41. The van der Waals surface area contributed by atoms with E-state index in [1.807, 2.05) is 20.8 Å². The Bertz CT molecular complexity index is 636. The fourth-order valence-corrected chi connectivity index (χ4v) is 1.89. The number of nitrogens with two attached hydrogens (primary N) is 1. The monoisotopic (exact) mass is 309 g/mol. The fourth-order valence-electron chi connectivity index (χ4n) is 1.67. The molecule has 1 aromatic carbocycles. The van der Waals surface area contributed by atoms with Crippen molar-refractivity contribution in [1.82, 2.24) is 4.98 Å². The largest absolute Gasteiger partial charge is 0.470 e. The van der Waals surface area contributed by atoms with Crippen LogP contribution in [-0.4, -0.2) is 10.6 Å². The van der Waals surface area contributed by atoms with Gasteiger partial charge >= 0.3 is 0 Å². The van der Waals surface area contributed by atoms with Crippen LogP contribution in [0.15, 0.2) is 30.3 Å². The molecule has 0 saturated carbocycles. The molecule has 0 aliphatic rings. The molecule has 0 saturated heterocycles. The summed E-state index contributed by atoms with van der Waals surface area (Å²) < 4.78 is 19.0. The Hall–Kier alpha value is -2.01. The first kappa shape index (κ1) is 15.4. The Morgan fingerprint density at radius 3 is 2.57 bits per heavy atom. The van der Waals surface area contributed by atoms with E-state index in [0.717, 1.165) is 0 Å². The van der Waals surface area contributed by atoms with Crippen LogP contribution in [0.2, 0.25) is 5.02 Å². The quantitative estimate of drug-likeness (QED) is 0.883. The lowest BCUT2D eigenvalue weighted by Crippen LogP contribution is -2.24. The van der Waals surface area contributed by atoms with Crippen molar-refractivity contribution in [3.05, 3.63) is 41.2 Å². The summed E-state index contributed by atoms with van der Waals surface area (Å²) in [4.78, 5) is 4.29.